The van der Waals surface area contributed by atoms with Crippen molar-refractivity contribution in [1.82, 2.24) is 0 Å². The number of nitrogens with one attached hydrogen (secondary N) is 1. The summed E-state index contributed by atoms with van der Waals surface area (Å²) in [6, 6.07) is 2.25. The quantitative estimate of drug-likeness (QED) is 0.823. The molecule has 2 atom stereocenters. The Morgan fingerprint density at radius 1 is 1.52 bits per heavy atom. The first kappa shape index (κ1) is 16.3. The molecule has 1 aliphatic rings. The van der Waals surface area contributed by atoms with Crippen LogP contribution in [0, 0.1) is 22.7 Å². The van der Waals surface area contributed by atoms with E-state index in [1.807, 2.05) is 0 Å². The molecule has 2 rings (SSSR count). The molecule has 0 bridgehead atoms. The first-order chi connectivity index (χ1) is 9.74. The summed E-state index contributed by atoms with van der Waals surface area (Å²) in [5.41, 5.74) is 2.02. The van der Waals surface area contributed by atoms with Crippen LogP contribution in [0.3, 0.4) is 0 Å². The smallest absolute Gasteiger partial charge is 0.242 e. The Kier molecular flexibility index (Phi) is 4.65. The molecule has 1 aromatic rings. The molecule has 3 nitrogen and oxygen atoms in total. The third-order valence-corrected chi connectivity index (χ3v) is 5.57. The molecule has 2 unspecified atom stereocenters. The standard InChI is InChI=1S/C16H21ClN2OS/c1-9(17)14(20)19-15-12(8-18)11-6-5-10(16(2,3)4)7-13(11)21-15/h9-10H,5-7H2,1-4H3,(H,19,20). The number of nitriles is 1. The summed E-state index contributed by atoms with van der Waals surface area (Å²) < 4.78 is 0. The van der Waals surface area contributed by atoms with Crippen LogP contribution >= 0.6 is 22.9 Å². The number of nitrogens with zero attached hydrogens (tertiary/aromatic N) is 1. The zero-order chi connectivity index (χ0) is 15.8. The number of alkyl halides is 1. The number of fused-ring (bicyclic) bond motifs is 1. The Labute approximate surface area is 135 Å². The normalized spacial score (nSPS) is 19.5. The molecule has 1 heterocycles. The van der Waals surface area contributed by atoms with Gasteiger partial charge >= 0.3 is 0 Å². The number of rotatable bonds is 2. The van der Waals surface area contributed by atoms with E-state index in [4.69, 9.17) is 11.6 Å². The Morgan fingerprint density at radius 2 is 2.19 bits per heavy atom. The molecule has 0 radical (unpaired) electrons. The molecule has 0 fully saturated rings. The van der Waals surface area contributed by atoms with Crippen LogP contribution in [-0.4, -0.2) is 11.3 Å². The number of carbonyl (C=O) groups is 1. The minimum atomic E-state index is -0.599. The highest BCUT2D eigenvalue weighted by atomic mass is 35.5. The van der Waals surface area contributed by atoms with E-state index in [2.05, 4.69) is 32.2 Å². The summed E-state index contributed by atoms with van der Waals surface area (Å²) in [6.07, 6.45) is 3.01. The van der Waals surface area contributed by atoms with Gasteiger partial charge in [0.25, 0.3) is 0 Å². The molecule has 1 N–H and O–H groups in total. The van der Waals surface area contributed by atoms with Gasteiger partial charge in [0.2, 0.25) is 5.91 Å². The van der Waals surface area contributed by atoms with E-state index in [0.717, 1.165) is 24.8 Å². The first-order valence-electron chi connectivity index (χ1n) is 7.23. The highest BCUT2D eigenvalue weighted by Gasteiger charge is 2.32. The molecule has 0 saturated carbocycles. The first-order valence-corrected chi connectivity index (χ1v) is 8.49. The van der Waals surface area contributed by atoms with Crippen LogP contribution in [0.5, 0.6) is 0 Å². The minimum absolute atomic E-state index is 0.251. The predicted molar refractivity (Wildman–Crippen MR) is 87.9 cm³/mol. The Balaban J connectivity index is 2.30. The van der Waals surface area contributed by atoms with Gasteiger partial charge in [-0.2, -0.15) is 5.26 Å². The molecular formula is C16H21ClN2OS. The summed E-state index contributed by atoms with van der Waals surface area (Å²) in [6.45, 7) is 8.42. The van der Waals surface area contributed by atoms with Crippen LogP contribution in [0.25, 0.3) is 0 Å². The van der Waals surface area contributed by atoms with Gasteiger partial charge in [0.05, 0.1) is 5.56 Å². The summed E-state index contributed by atoms with van der Waals surface area (Å²) in [5, 5.41) is 12.3. The number of anilines is 1. The lowest BCUT2D eigenvalue weighted by Crippen LogP contribution is -2.26. The third-order valence-electron chi connectivity index (χ3n) is 4.20. The lowest BCUT2D eigenvalue weighted by Gasteiger charge is -2.33. The zero-order valence-electron chi connectivity index (χ0n) is 12.9. The van der Waals surface area contributed by atoms with Crippen LogP contribution in [0.4, 0.5) is 5.00 Å². The zero-order valence-corrected chi connectivity index (χ0v) is 14.5. The van der Waals surface area contributed by atoms with E-state index >= 15 is 0 Å². The van der Waals surface area contributed by atoms with E-state index in [1.54, 1.807) is 6.92 Å². The number of halogens is 1. The molecule has 1 amide bonds. The molecule has 0 saturated heterocycles. The molecular weight excluding hydrogens is 304 g/mol. The van der Waals surface area contributed by atoms with E-state index in [0.29, 0.717) is 16.5 Å². The fraction of sp³-hybridized carbons (Fsp3) is 0.625. The summed E-state index contributed by atoms with van der Waals surface area (Å²) in [5.74, 6) is 0.366. The van der Waals surface area contributed by atoms with Gasteiger partial charge in [-0.05, 0) is 43.1 Å². The van der Waals surface area contributed by atoms with Crippen molar-refractivity contribution in [3.8, 4) is 6.07 Å². The summed E-state index contributed by atoms with van der Waals surface area (Å²) >= 11 is 7.33. The minimum Gasteiger partial charge on any atom is -0.315 e. The number of hydrogen-bond acceptors (Lipinski definition) is 3. The Hall–Kier alpha value is -1.05. The maximum atomic E-state index is 11.8. The van der Waals surface area contributed by atoms with Crippen LogP contribution in [0.2, 0.25) is 0 Å². The predicted octanol–water partition coefficient (Wildman–Crippen LogP) is 4.34. The fourth-order valence-corrected chi connectivity index (χ4v) is 4.08. The monoisotopic (exact) mass is 324 g/mol. The molecule has 21 heavy (non-hydrogen) atoms. The second-order valence-corrected chi connectivity index (χ2v) is 8.49. The maximum absolute atomic E-state index is 11.8. The van der Waals surface area contributed by atoms with Crippen molar-refractivity contribution in [3.05, 3.63) is 16.0 Å². The van der Waals surface area contributed by atoms with Crippen molar-refractivity contribution in [2.75, 3.05) is 5.32 Å². The lowest BCUT2D eigenvalue weighted by atomic mass is 9.72. The topological polar surface area (TPSA) is 52.9 Å². The van der Waals surface area contributed by atoms with Crippen molar-refractivity contribution in [1.29, 1.82) is 5.26 Å². The van der Waals surface area contributed by atoms with Gasteiger partial charge in [-0.1, -0.05) is 20.8 Å². The Morgan fingerprint density at radius 3 is 2.71 bits per heavy atom. The number of carbonyl (C=O) groups excluding carboxylic acids is 1. The van der Waals surface area contributed by atoms with E-state index in [-0.39, 0.29) is 11.3 Å². The average Bonchev–Trinajstić information content (AvgIpc) is 2.73. The fourth-order valence-electron chi connectivity index (χ4n) is 2.74. The third kappa shape index (κ3) is 3.41. The van der Waals surface area contributed by atoms with Crippen LogP contribution < -0.4 is 5.32 Å². The maximum Gasteiger partial charge on any atom is 0.242 e. The molecule has 1 aliphatic carbocycles. The highest BCUT2D eigenvalue weighted by molar-refractivity contribution is 7.16. The van der Waals surface area contributed by atoms with Crippen molar-refractivity contribution < 1.29 is 4.79 Å². The molecule has 114 valence electrons. The lowest BCUT2D eigenvalue weighted by molar-refractivity contribution is -0.115. The van der Waals surface area contributed by atoms with Gasteiger partial charge in [0.1, 0.15) is 16.4 Å². The number of amides is 1. The van der Waals surface area contributed by atoms with E-state index in [1.165, 1.54) is 16.2 Å². The van der Waals surface area contributed by atoms with Gasteiger partial charge in [0, 0.05) is 4.88 Å². The molecule has 0 spiro atoms. The van der Waals surface area contributed by atoms with Gasteiger partial charge in [-0.25, -0.2) is 0 Å². The summed E-state index contributed by atoms with van der Waals surface area (Å²) in [7, 11) is 0. The number of hydrogen-bond donors (Lipinski definition) is 1. The van der Waals surface area contributed by atoms with Crippen molar-refractivity contribution in [2.45, 2.75) is 52.3 Å². The van der Waals surface area contributed by atoms with Crippen LogP contribution in [-0.2, 0) is 17.6 Å². The van der Waals surface area contributed by atoms with Crippen LogP contribution in [0.15, 0.2) is 0 Å². The molecule has 1 aromatic heterocycles. The van der Waals surface area contributed by atoms with Gasteiger partial charge in [0.15, 0.2) is 0 Å². The van der Waals surface area contributed by atoms with E-state index in [9.17, 15) is 10.1 Å². The van der Waals surface area contributed by atoms with Crippen molar-refractivity contribution in [2.24, 2.45) is 11.3 Å². The van der Waals surface area contributed by atoms with Gasteiger partial charge in [-0.3, -0.25) is 4.79 Å². The second kappa shape index (κ2) is 5.98. The second-order valence-electron chi connectivity index (χ2n) is 6.73. The van der Waals surface area contributed by atoms with Gasteiger partial charge < -0.3 is 5.32 Å². The van der Waals surface area contributed by atoms with Crippen LogP contribution in [0.1, 0.15) is 50.1 Å². The molecule has 5 heteroatoms. The van der Waals surface area contributed by atoms with Crippen molar-refractivity contribution in [3.63, 3.8) is 0 Å². The van der Waals surface area contributed by atoms with Gasteiger partial charge in [-0.15, -0.1) is 22.9 Å². The average molecular weight is 325 g/mol. The largest absolute Gasteiger partial charge is 0.315 e. The highest BCUT2D eigenvalue weighted by Crippen LogP contribution is 2.43. The molecule has 0 aliphatic heterocycles. The number of thiophene rings is 1. The Bertz CT molecular complexity index is 593. The van der Waals surface area contributed by atoms with E-state index < -0.39 is 5.38 Å². The summed E-state index contributed by atoms with van der Waals surface area (Å²) in [4.78, 5) is 13.0. The van der Waals surface area contributed by atoms with Crippen molar-refractivity contribution >= 4 is 33.8 Å². The molecule has 0 aromatic carbocycles. The SMILES string of the molecule is CC(Cl)C(=O)Nc1sc2c(c1C#N)CCC(C(C)(C)C)C2.